The van der Waals surface area contributed by atoms with Crippen LogP contribution in [0.3, 0.4) is 0 Å². The zero-order chi connectivity index (χ0) is 13.3. The minimum absolute atomic E-state index is 0.0552. The van der Waals surface area contributed by atoms with Gasteiger partial charge in [-0.2, -0.15) is 5.26 Å². The highest BCUT2D eigenvalue weighted by Crippen LogP contribution is 2.38. The third kappa shape index (κ3) is 1.78. The van der Waals surface area contributed by atoms with Gasteiger partial charge in [-0.15, -0.1) is 0 Å². The summed E-state index contributed by atoms with van der Waals surface area (Å²) in [5.41, 5.74) is 7.19. The van der Waals surface area contributed by atoms with E-state index in [0.29, 0.717) is 11.3 Å². The summed E-state index contributed by atoms with van der Waals surface area (Å²) in [6.45, 7) is 3.13. The summed E-state index contributed by atoms with van der Waals surface area (Å²) in [5, 5.41) is 9.20. The van der Waals surface area contributed by atoms with Gasteiger partial charge in [0.1, 0.15) is 17.4 Å². The van der Waals surface area contributed by atoms with Gasteiger partial charge in [-0.3, -0.25) is 4.79 Å². The maximum atomic E-state index is 11.8. The van der Waals surface area contributed by atoms with Gasteiger partial charge in [-0.25, -0.2) is 0 Å². The molecular weight excluding hydrogens is 230 g/mol. The second-order valence-electron chi connectivity index (χ2n) is 4.08. The topological polar surface area (TPSA) is 91.9 Å². The molecule has 5 nitrogen and oxygen atoms in total. The summed E-state index contributed by atoms with van der Waals surface area (Å²) >= 11 is 0. The number of nitriles is 1. The van der Waals surface area contributed by atoms with E-state index in [-0.39, 0.29) is 17.2 Å². The lowest BCUT2D eigenvalue weighted by atomic mass is 9.84. The molecule has 1 aliphatic rings. The number of H-pyrrole nitrogens is 1. The van der Waals surface area contributed by atoms with E-state index >= 15 is 0 Å². The number of ketones is 1. The van der Waals surface area contributed by atoms with Gasteiger partial charge >= 0.3 is 0 Å². The van der Waals surface area contributed by atoms with E-state index in [1.54, 1.807) is 13.1 Å². The molecular formula is C13H13N3O2. The van der Waals surface area contributed by atoms with Crippen LogP contribution in [-0.4, -0.2) is 10.8 Å². The Hall–Kier alpha value is -2.48. The van der Waals surface area contributed by atoms with Gasteiger partial charge in [-0.1, -0.05) is 0 Å². The number of Topliss-reactive ketones (excluding diaryl/α,β-unsaturated/α-hetero) is 1. The van der Waals surface area contributed by atoms with Crippen LogP contribution in [0.1, 0.15) is 25.5 Å². The quantitative estimate of drug-likeness (QED) is 0.826. The van der Waals surface area contributed by atoms with Crippen molar-refractivity contribution in [3.8, 4) is 6.07 Å². The molecule has 1 aliphatic heterocycles. The molecule has 0 bridgehead atoms. The van der Waals surface area contributed by atoms with Crippen LogP contribution in [0, 0.1) is 11.3 Å². The smallest absolute Gasteiger partial charge is 0.205 e. The maximum Gasteiger partial charge on any atom is 0.205 e. The molecule has 1 aromatic heterocycles. The van der Waals surface area contributed by atoms with E-state index in [2.05, 4.69) is 4.98 Å². The minimum atomic E-state index is -0.476. The molecule has 0 spiro atoms. The van der Waals surface area contributed by atoms with Crippen LogP contribution in [0.15, 0.2) is 41.1 Å². The van der Waals surface area contributed by atoms with Gasteiger partial charge in [0.05, 0.1) is 5.92 Å². The number of ether oxygens (including phenoxy) is 1. The summed E-state index contributed by atoms with van der Waals surface area (Å²) in [7, 11) is 0. The first-order chi connectivity index (χ1) is 8.56. The number of carbonyl (C=O) groups is 1. The molecule has 0 amide bonds. The maximum absolute atomic E-state index is 11.8. The average Bonchev–Trinajstić information content (AvgIpc) is 2.80. The van der Waals surface area contributed by atoms with Crippen LogP contribution in [0.25, 0.3) is 0 Å². The molecule has 5 heteroatoms. The molecule has 0 saturated carbocycles. The second-order valence-corrected chi connectivity index (χ2v) is 4.08. The number of aromatic nitrogens is 1. The van der Waals surface area contributed by atoms with Crippen LogP contribution in [0.5, 0.6) is 0 Å². The third-order valence-electron chi connectivity index (χ3n) is 2.92. The molecule has 0 aromatic carbocycles. The van der Waals surface area contributed by atoms with Crippen LogP contribution >= 0.6 is 0 Å². The number of rotatable bonds is 2. The number of nitrogens with one attached hydrogen (secondary N) is 1. The zero-order valence-electron chi connectivity index (χ0n) is 10.2. The van der Waals surface area contributed by atoms with Crippen molar-refractivity contribution >= 4 is 5.78 Å². The first kappa shape index (κ1) is 12.0. The van der Waals surface area contributed by atoms with Gasteiger partial charge in [0.2, 0.25) is 5.88 Å². The van der Waals surface area contributed by atoms with Crippen molar-refractivity contribution in [2.24, 2.45) is 5.73 Å². The monoisotopic (exact) mass is 243 g/mol. The summed E-state index contributed by atoms with van der Waals surface area (Å²) in [4.78, 5) is 14.8. The van der Waals surface area contributed by atoms with E-state index in [1.807, 2.05) is 18.2 Å². The van der Waals surface area contributed by atoms with E-state index in [9.17, 15) is 10.1 Å². The number of hydrogen-bond acceptors (Lipinski definition) is 4. The Morgan fingerprint density at radius 1 is 1.61 bits per heavy atom. The summed E-state index contributed by atoms with van der Waals surface area (Å²) in [6, 6.07) is 5.65. The summed E-state index contributed by atoms with van der Waals surface area (Å²) in [6.07, 6.45) is 1.74. The largest absolute Gasteiger partial charge is 0.445 e. The predicted octanol–water partition coefficient (Wildman–Crippen LogP) is 1.69. The molecule has 0 fully saturated rings. The summed E-state index contributed by atoms with van der Waals surface area (Å²) in [5.74, 6) is -0.109. The number of nitrogens with zero attached hydrogens (tertiary/aromatic N) is 1. The van der Waals surface area contributed by atoms with Crippen LogP contribution in [-0.2, 0) is 9.53 Å². The van der Waals surface area contributed by atoms with Gasteiger partial charge in [0.15, 0.2) is 5.78 Å². The van der Waals surface area contributed by atoms with Crippen molar-refractivity contribution in [2.75, 3.05) is 0 Å². The third-order valence-corrected chi connectivity index (χ3v) is 2.92. The molecule has 0 saturated heterocycles. The Balaban J connectivity index is 2.63. The number of aromatic amines is 1. The Labute approximate surface area is 105 Å². The normalized spacial score (nSPS) is 19.5. The van der Waals surface area contributed by atoms with Crippen LogP contribution < -0.4 is 5.73 Å². The number of nitrogens with two attached hydrogens (primary N) is 1. The van der Waals surface area contributed by atoms with Crippen molar-refractivity contribution in [2.45, 2.75) is 19.8 Å². The molecule has 92 valence electrons. The van der Waals surface area contributed by atoms with Gasteiger partial charge in [0.25, 0.3) is 0 Å². The molecule has 0 radical (unpaired) electrons. The highest BCUT2D eigenvalue weighted by molar-refractivity contribution is 5.96. The minimum Gasteiger partial charge on any atom is -0.445 e. The number of allylic oxidation sites excluding steroid dienone is 3. The van der Waals surface area contributed by atoms with Crippen molar-refractivity contribution in [1.29, 1.82) is 5.26 Å². The average molecular weight is 243 g/mol. The summed E-state index contributed by atoms with van der Waals surface area (Å²) < 4.78 is 5.27. The fourth-order valence-corrected chi connectivity index (χ4v) is 2.17. The van der Waals surface area contributed by atoms with Gasteiger partial charge < -0.3 is 15.5 Å². The molecule has 0 unspecified atom stereocenters. The van der Waals surface area contributed by atoms with Gasteiger partial charge in [0, 0.05) is 17.5 Å². The van der Waals surface area contributed by atoms with Crippen molar-refractivity contribution in [1.82, 2.24) is 4.98 Å². The Morgan fingerprint density at radius 3 is 2.83 bits per heavy atom. The molecule has 0 aliphatic carbocycles. The SMILES string of the molecule is CC(=O)C1=C(C)OC(N)=C(C#N)[C@@H]1c1ccc[nH]1. The van der Waals surface area contributed by atoms with Crippen molar-refractivity contribution in [3.63, 3.8) is 0 Å². The van der Waals surface area contributed by atoms with Crippen molar-refractivity contribution < 1.29 is 9.53 Å². The van der Waals surface area contributed by atoms with Gasteiger partial charge in [-0.05, 0) is 26.0 Å². The second kappa shape index (κ2) is 4.41. The van der Waals surface area contributed by atoms with E-state index in [1.165, 1.54) is 6.92 Å². The van der Waals surface area contributed by atoms with E-state index in [4.69, 9.17) is 10.5 Å². The lowest BCUT2D eigenvalue weighted by Crippen LogP contribution is -2.23. The van der Waals surface area contributed by atoms with Crippen molar-refractivity contribution in [3.05, 3.63) is 46.8 Å². The first-order valence-corrected chi connectivity index (χ1v) is 5.48. The van der Waals surface area contributed by atoms with E-state index in [0.717, 1.165) is 5.69 Å². The lowest BCUT2D eigenvalue weighted by Gasteiger charge is -2.25. The zero-order valence-corrected chi connectivity index (χ0v) is 10.2. The molecule has 1 aromatic rings. The lowest BCUT2D eigenvalue weighted by molar-refractivity contribution is -0.114. The van der Waals surface area contributed by atoms with Crippen LogP contribution in [0.4, 0.5) is 0 Å². The Morgan fingerprint density at radius 2 is 2.33 bits per heavy atom. The molecule has 2 rings (SSSR count). The highest BCUT2D eigenvalue weighted by Gasteiger charge is 2.34. The van der Waals surface area contributed by atoms with Crippen LogP contribution in [0.2, 0.25) is 0 Å². The number of carbonyl (C=O) groups excluding carboxylic acids is 1. The van der Waals surface area contributed by atoms with E-state index < -0.39 is 5.92 Å². The standard InChI is InChI=1S/C13H13N3O2/c1-7(17)11-8(2)18-13(15)9(6-14)12(11)10-4-3-5-16-10/h3-5,12,16H,15H2,1-2H3/t12-/m1/s1. The molecule has 3 N–H and O–H groups in total. The predicted molar refractivity (Wildman–Crippen MR) is 64.8 cm³/mol. The molecule has 2 heterocycles. The fourth-order valence-electron chi connectivity index (χ4n) is 2.17. The first-order valence-electron chi connectivity index (χ1n) is 5.48. The Kier molecular flexibility index (Phi) is 2.94. The highest BCUT2D eigenvalue weighted by atomic mass is 16.5. The Bertz CT molecular complexity index is 588. The fraction of sp³-hybridized carbons (Fsp3) is 0.231. The molecule has 18 heavy (non-hydrogen) atoms. The molecule has 1 atom stereocenters. The number of hydrogen-bond donors (Lipinski definition) is 2.